The molecule has 0 unspecified atom stereocenters. The smallest absolute Gasteiger partial charge is 0.207 e. The minimum absolute atomic E-state index is 0.334. The maximum Gasteiger partial charge on any atom is 0.244 e. The van der Waals surface area contributed by atoms with E-state index in [-0.39, 0.29) is 4.90 Å². The molecule has 0 heterocycles. The molecule has 2 aromatic rings. The average Bonchev–Trinajstić information content (AvgIpc) is 2.39. The SMILES string of the molecule is Cc1ccc([C@@H](C)NS(=O)(=O)c2ccccc2F)cc1. The molecule has 1 atom stereocenters. The van der Waals surface area contributed by atoms with E-state index in [4.69, 9.17) is 0 Å². The largest absolute Gasteiger partial charge is 0.244 e. The van der Waals surface area contributed by atoms with Gasteiger partial charge in [0.05, 0.1) is 0 Å². The normalized spacial score (nSPS) is 13.2. The molecule has 0 radical (unpaired) electrons. The number of hydrogen-bond donors (Lipinski definition) is 1. The summed E-state index contributed by atoms with van der Waals surface area (Å²) in [6.07, 6.45) is 0. The van der Waals surface area contributed by atoms with Gasteiger partial charge in [0.25, 0.3) is 0 Å². The summed E-state index contributed by atoms with van der Waals surface area (Å²) in [6.45, 7) is 3.68. The topological polar surface area (TPSA) is 46.2 Å². The van der Waals surface area contributed by atoms with Crippen molar-refractivity contribution in [1.82, 2.24) is 4.72 Å². The van der Waals surface area contributed by atoms with Gasteiger partial charge in [-0.3, -0.25) is 0 Å². The molecule has 20 heavy (non-hydrogen) atoms. The number of nitrogens with one attached hydrogen (secondary N) is 1. The second kappa shape index (κ2) is 5.73. The van der Waals surface area contributed by atoms with Crippen LogP contribution in [-0.2, 0) is 10.0 Å². The Labute approximate surface area is 118 Å². The van der Waals surface area contributed by atoms with Gasteiger partial charge in [-0.1, -0.05) is 42.0 Å². The second-order valence-corrected chi connectivity index (χ2v) is 6.37. The fraction of sp³-hybridized carbons (Fsp3) is 0.200. The van der Waals surface area contributed by atoms with Crippen LogP contribution in [0.3, 0.4) is 0 Å². The molecule has 0 saturated heterocycles. The zero-order valence-electron chi connectivity index (χ0n) is 11.3. The van der Waals surface area contributed by atoms with Crippen molar-refractivity contribution < 1.29 is 12.8 Å². The van der Waals surface area contributed by atoms with Crippen molar-refractivity contribution in [3.8, 4) is 0 Å². The molecule has 1 N–H and O–H groups in total. The van der Waals surface area contributed by atoms with E-state index in [1.54, 1.807) is 6.92 Å². The van der Waals surface area contributed by atoms with E-state index in [9.17, 15) is 12.8 Å². The molecule has 0 saturated carbocycles. The van der Waals surface area contributed by atoms with Crippen molar-refractivity contribution in [3.05, 3.63) is 65.5 Å². The monoisotopic (exact) mass is 293 g/mol. The average molecular weight is 293 g/mol. The summed E-state index contributed by atoms with van der Waals surface area (Å²) in [6, 6.07) is 12.4. The molecule has 0 spiro atoms. The summed E-state index contributed by atoms with van der Waals surface area (Å²) in [5.41, 5.74) is 1.92. The third kappa shape index (κ3) is 3.23. The van der Waals surface area contributed by atoms with Crippen molar-refractivity contribution in [1.29, 1.82) is 0 Å². The molecule has 0 aliphatic rings. The first-order chi connectivity index (χ1) is 9.40. The van der Waals surface area contributed by atoms with Crippen LogP contribution in [0.2, 0.25) is 0 Å². The molecule has 2 aromatic carbocycles. The summed E-state index contributed by atoms with van der Waals surface area (Å²) in [4.78, 5) is -0.334. The molecule has 0 amide bonds. The van der Waals surface area contributed by atoms with E-state index in [0.29, 0.717) is 0 Å². The molecular formula is C15H16FNO2S. The van der Waals surface area contributed by atoms with Crippen LogP contribution in [0.25, 0.3) is 0 Å². The Morgan fingerprint density at radius 2 is 1.65 bits per heavy atom. The van der Waals surface area contributed by atoms with Gasteiger partial charge < -0.3 is 0 Å². The third-order valence-corrected chi connectivity index (χ3v) is 4.61. The molecular weight excluding hydrogens is 277 g/mol. The highest BCUT2D eigenvalue weighted by atomic mass is 32.2. The van der Waals surface area contributed by atoms with Crippen LogP contribution in [0.1, 0.15) is 24.1 Å². The molecule has 106 valence electrons. The highest BCUT2D eigenvalue weighted by molar-refractivity contribution is 7.89. The maximum atomic E-state index is 13.6. The summed E-state index contributed by atoms with van der Waals surface area (Å²) in [7, 11) is -3.87. The highest BCUT2D eigenvalue weighted by Crippen LogP contribution is 2.19. The lowest BCUT2D eigenvalue weighted by Crippen LogP contribution is -2.27. The standard InChI is InChI=1S/C15H16FNO2S/c1-11-7-9-13(10-8-11)12(2)17-20(18,19)15-6-4-3-5-14(15)16/h3-10,12,17H,1-2H3/t12-/m1/s1. The highest BCUT2D eigenvalue weighted by Gasteiger charge is 2.21. The van der Waals surface area contributed by atoms with Gasteiger partial charge in [0, 0.05) is 6.04 Å². The second-order valence-electron chi connectivity index (χ2n) is 4.68. The fourth-order valence-electron chi connectivity index (χ4n) is 1.88. The van der Waals surface area contributed by atoms with Crippen LogP contribution >= 0.6 is 0 Å². The van der Waals surface area contributed by atoms with Gasteiger partial charge in [-0.15, -0.1) is 0 Å². The van der Waals surface area contributed by atoms with Crippen molar-refractivity contribution in [3.63, 3.8) is 0 Å². The van der Waals surface area contributed by atoms with E-state index in [2.05, 4.69) is 4.72 Å². The lowest BCUT2D eigenvalue weighted by molar-refractivity contribution is 0.547. The van der Waals surface area contributed by atoms with Crippen LogP contribution in [-0.4, -0.2) is 8.42 Å². The molecule has 2 rings (SSSR count). The Morgan fingerprint density at radius 1 is 1.05 bits per heavy atom. The van der Waals surface area contributed by atoms with Gasteiger partial charge in [-0.25, -0.2) is 17.5 Å². The quantitative estimate of drug-likeness (QED) is 0.941. The summed E-state index contributed by atoms with van der Waals surface area (Å²) in [5.74, 6) is -0.754. The van der Waals surface area contributed by atoms with E-state index < -0.39 is 21.9 Å². The Balaban J connectivity index is 2.24. The Kier molecular flexibility index (Phi) is 4.20. The number of hydrogen-bond acceptors (Lipinski definition) is 2. The maximum absolute atomic E-state index is 13.6. The minimum atomic E-state index is -3.87. The lowest BCUT2D eigenvalue weighted by Gasteiger charge is -2.15. The van der Waals surface area contributed by atoms with Gasteiger partial charge in [-0.05, 0) is 31.5 Å². The Bertz CT molecular complexity index is 696. The van der Waals surface area contributed by atoms with Crippen molar-refractivity contribution in [2.24, 2.45) is 0 Å². The number of benzene rings is 2. The number of sulfonamides is 1. The van der Waals surface area contributed by atoms with E-state index in [0.717, 1.165) is 17.2 Å². The number of aryl methyl sites for hydroxylation is 1. The Morgan fingerprint density at radius 3 is 2.25 bits per heavy atom. The van der Waals surface area contributed by atoms with E-state index >= 15 is 0 Å². The summed E-state index contributed by atoms with van der Waals surface area (Å²) in [5, 5.41) is 0. The zero-order valence-corrected chi connectivity index (χ0v) is 12.1. The minimum Gasteiger partial charge on any atom is -0.207 e. The van der Waals surface area contributed by atoms with Gasteiger partial charge in [0.1, 0.15) is 10.7 Å². The van der Waals surface area contributed by atoms with Crippen LogP contribution in [0.4, 0.5) is 4.39 Å². The molecule has 5 heteroatoms. The third-order valence-electron chi connectivity index (χ3n) is 3.04. The molecule has 0 aliphatic heterocycles. The lowest BCUT2D eigenvalue weighted by atomic mass is 10.1. The predicted molar refractivity (Wildman–Crippen MR) is 76.3 cm³/mol. The first kappa shape index (κ1) is 14.7. The van der Waals surface area contributed by atoms with Crippen molar-refractivity contribution >= 4 is 10.0 Å². The molecule has 0 bridgehead atoms. The summed E-state index contributed by atoms with van der Waals surface area (Å²) < 4.78 is 40.4. The molecule has 0 aromatic heterocycles. The molecule has 3 nitrogen and oxygen atoms in total. The Hall–Kier alpha value is -1.72. The first-order valence-electron chi connectivity index (χ1n) is 6.23. The molecule has 0 aliphatic carbocycles. The van der Waals surface area contributed by atoms with Crippen LogP contribution in [0.5, 0.6) is 0 Å². The predicted octanol–water partition coefficient (Wildman–Crippen LogP) is 3.17. The van der Waals surface area contributed by atoms with Crippen LogP contribution in [0.15, 0.2) is 53.4 Å². The summed E-state index contributed by atoms with van der Waals surface area (Å²) >= 11 is 0. The molecule has 0 fully saturated rings. The zero-order chi connectivity index (χ0) is 14.8. The number of rotatable bonds is 4. The van der Waals surface area contributed by atoms with Gasteiger partial charge in [0.15, 0.2) is 0 Å². The van der Waals surface area contributed by atoms with Crippen LogP contribution < -0.4 is 4.72 Å². The van der Waals surface area contributed by atoms with Gasteiger partial charge in [-0.2, -0.15) is 0 Å². The van der Waals surface area contributed by atoms with Crippen LogP contribution in [0, 0.1) is 12.7 Å². The van der Waals surface area contributed by atoms with E-state index in [1.165, 1.54) is 18.2 Å². The fourth-order valence-corrected chi connectivity index (χ4v) is 3.19. The van der Waals surface area contributed by atoms with Crippen molar-refractivity contribution in [2.75, 3.05) is 0 Å². The first-order valence-corrected chi connectivity index (χ1v) is 7.72. The van der Waals surface area contributed by atoms with Crippen molar-refractivity contribution in [2.45, 2.75) is 24.8 Å². The number of halogens is 1. The van der Waals surface area contributed by atoms with Gasteiger partial charge >= 0.3 is 0 Å². The van der Waals surface area contributed by atoms with E-state index in [1.807, 2.05) is 31.2 Å². The van der Waals surface area contributed by atoms with Gasteiger partial charge in [0.2, 0.25) is 10.0 Å².